The van der Waals surface area contributed by atoms with Crippen molar-refractivity contribution in [1.82, 2.24) is 15.1 Å². The lowest BCUT2D eigenvalue weighted by Gasteiger charge is -2.19. The van der Waals surface area contributed by atoms with Crippen LogP contribution < -0.4 is 11.1 Å². The minimum Gasteiger partial charge on any atom is -0.460 e. The van der Waals surface area contributed by atoms with Crippen LogP contribution >= 0.6 is 15.9 Å². The highest BCUT2D eigenvalue weighted by Gasteiger charge is 2.15. The number of nitrogens with one attached hydrogen (secondary N) is 1. The first-order valence-corrected chi connectivity index (χ1v) is 11.9. The molecule has 9 heteroatoms. The molecule has 0 fully saturated rings. The van der Waals surface area contributed by atoms with Crippen molar-refractivity contribution in [3.8, 4) is 0 Å². The van der Waals surface area contributed by atoms with E-state index in [4.69, 9.17) is 15.2 Å². The third-order valence-electron chi connectivity index (χ3n) is 2.96. The van der Waals surface area contributed by atoms with Crippen molar-refractivity contribution in [1.29, 1.82) is 0 Å². The van der Waals surface area contributed by atoms with Crippen molar-refractivity contribution < 1.29 is 19.1 Å². The van der Waals surface area contributed by atoms with Crippen LogP contribution in [0.25, 0.3) is 0 Å². The van der Waals surface area contributed by atoms with E-state index in [9.17, 15) is 9.59 Å². The maximum absolute atomic E-state index is 11.3. The molecule has 0 spiro atoms. The molecule has 31 heavy (non-hydrogen) atoms. The lowest BCUT2D eigenvalue weighted by molar-refractivity contribution is -0.155. The van der Waals surface area contributed by atoms with Crippen LogP contribution in [0.15, 0.2) is 0 Å². The van der Waals surface area contributed by atoms with E-state index in [1.807, 2.05) is 55.6 Å². The Morgan fingerprint density at radius 3 is 1.52 bits per heavy atom. The predicted octanol–water partition coefficient (Wildman–Crippen LogP) is 2.49. The highest BCUT2D eigenvalue weighted by molar-refractivity contribution is 9.09. The molecule has 3 N–H and O–H groups in total. The number of likely N-dealkylation sites (N-methyl/N-ethyl adjacent to an activating group) is 1. The molecule has 0 radical (unpaired) electrons. The van der Waals surface area contributed by atoms with Crippen molar-refractivity contribution in [2.45, 2.75) is 65.6 Å². The molecular formula is C22H49BrN4O4. The minimum absolute atomic E-state index is 0.139. The van der Waals surface area contributed by atoms with Crippen LogP contribution in [0, 0.1) is 0 Å². The van der Waals surface area contributed by atoms with Gasteiger partial charge in [0.1, 0.15) is 11.2 Å². The van der Waals surface area contributed by atoms with Gasteiger partial charge in [-0.1, -0.05) is 15.9 Å². The number of halogens is 1. The van der Waals surface area contributed by atoms with E-state index in [1.54, 1.807) is 0 Å². The third-order valence-corrected chi connectivity index (χ3v) is 3.32. The fourth-order valence-electron chi connectivity index (χ4n) is 1.69. The Balaban J connectivity index is -0.000000421. The highest BCUT2D eigenvalue weighted by atomic mass is 79.9. The maximum Gasteiger partial charge on any atom is 0.307 e. The van der Waals surface area contributed by atoms with E-state index >= 15 is 0 Å². The Labute approximate surface area is 199 Å². The number of hydrogen-bond donors (Lipinski definition) is 2. The molecule has 0 bridgehead atoms. The summed E-state index contributed by atoms with van der Waals surface area (Å²) in [7, 11) is 8.16. The van der Waals surface area contributed by atoms with Gasteiger partial charge in [-0.2, -0.15) is 0 Å². The van der Waals surface area contributed by atoms with Crippen LogP contribution in [0.4, 0.5) is 0 Å². The van der Waals surface area contributed by atoms with Gasteiger partial charge in [0, 0.05) is 38.1 Å². The number of carbonyl (C=O) groups excluding carboxylic acids is 2. The molecule has 0 unspecified atom stereocenters. The van der Waals surface area contributed by atoms with Crippen molar-refractivity contribution in [3.05, 3.63) is 0 Å². The normalized spacial score (nSPS) is 11.3. The van der Waals surface area contributed by atoms with E-state index < -0.39 is 0 Å². The van der Waals surface area contributed by atoms with Gasteiger partial charge in [0.05, 0.1) is 12.8 Å². The van der Waals surface area contributed by atoms with Gasteiger partial charge in [-0.3, -0.25) is 9.59 Å². The summed E-state index contributed by atoms with van der Waals surface area (Å²) in [6.45, 7) is 15.2. The van der Waals surface area contributed by atoms with E-state index in [2.05, 4.69) is 45.1 Å². The van der Waals surface area contributed by atoms with E-state index in [0.29, 0.717) is 25.9 Å². The molecule has 0 amide bonds. The molecule has 8 nitrogen and oxygen atoms in total. The molecule has 0 saturated carbocycles. The number of esters is 2. The number of rotatable bonds is 10. The summed E-state index contributed by atoms with van der Waals surface area (Å²) in [6.07, 6.45) is 0.738. The zero-order chi connectivity index (χ0) is 25.1. The second kappa shape index (κ2) is 19.9. The molecule has 0 aliphatic rings. The third kappa shape index (κ3) is 40.2. The maximum atomic E-state index is 11.3. The molecule has 0 aromatic heterocycles. The summed E-state index contributed by atoms with van der Waals surface area (Å²) < 4.78 is 10.1. The standard InChI is InChI=1S/C11H24N2O2.C7H15NO2.C4H10BrN/c1-11(2,3)15-10(14)6-7-12-8-9-13(4)5;1-7(2,3)10-6(9)4-5-8;1-6(2)4-3-5/h12H,6-9H2,1-5H3;4-5,8H2,1-3H3;3-4H2,1-2H3. The van der Waals surface area contributed by atoms with E-state index in [-0.39, 0.29) is 23.1 Å². The number of alkyl halides is 1. The topological polar surface area (TPSA) is 97.1 Å². The lowest BCUT2D eigenvalue weighted by atomic mass is 10.2. The first-order valence-electron chi connectivity index (χ1n) is 10.7. The Bertz CT molecular complexity index is 448. The largest absolute Gasteiger partial charge is 0.460 e. The summed E-state index contributed by atoms with van der Waals surface area (Å²) in [4.78, 5) is 26.3. The highest BCUT2D eigenvalue weighted by Crippen LogP contribution is 2.08. The van der Waals surface area contributed by atoms with Crippen LogP contribution in [-0.2, 0) is 19.1 Å². The van der Waals surface area contributed by atoms with Crippen molar-refractivity contribution >= 4 is 27.9 Å². The second-order valence-electron chi connectivity index (χ2n) is 9.51. The van der Waals surface area contributed by atoms with Crippen LogP contribution in [0.1, 0.15) is 54.4 Å². The van der Waals surface area contributed by atoms with Gasteiger partial charge in [-0.25, -0.2) is 0 Å². The van der Waals surface area contributed by atoms with Gasteiger partial charge in [0.15, 0.2) is 0 Å². The first kappa shape index (κ1) is 34.9. The summed E-state index contributed by atoms with van der Waals surface area (Å²) in [5.74, 6) is -0.366. The molecule has 0 aromatic carbocycles. The fraction of sp³-hybridized carbons (Fsp3) is 0.909. The number of carbonyl (C=O) groups is 2. The van der Waals surface area contributed by atoms with Crippen molar-refractivity contribution in [2.75, 3.05) is 66.2 Å². The van der Waals surface area contributed by atoms with Gasteiger partial charge in [-0.05, 0) is 69.7 Å². The van der Waals surface area contributed by atoms with Crippen LogP contribution in [0.5, 0.6) is 0 Å². The summed E-state index contributed by atoms with van der Waals surface area (Å²) in [5, 5.41) is 4.26. The molecule has 0 atom stereocenters. The Hall–Kier alpha value is -0.740. The van der Waals surface area contributed by atoms with Gasteiger partial charge >= 0.3 is 11.9 Å². The minimum atomic E-state index is -0.383. The summed E-state index contributed by atoms with van der Waals surface area (Å²) >= 11 is 3.31. The smallest absolute Gasteiger partial charge is 0.307 e. The zero-order valence-electron chi connectivity index (χ0n) is 21.6. The zero-order valence-corrected chi connectivity index (χ0v) is 23.2. The Morgan fingerprint density at radius 2 is 1.23 bits per heavy atom. The average molecular weight is 514 g/mol. The molecule has 0 rings (SSSR count). The number of ether oxygens (including phenoxy) is 2. The number of nitrogens with two attached hydrogens (primary N) is 1. The van der Waals surface area contributed by atoms with Crippen LogP contribution in [-0.4, -0.2) is 99.2 Å². The first-order chi connectivity index (χ1) is 14.0. The fourth-order valence-corrected chi connectivity index (χ4v) is 2.40. The molecule has 0 aromatic rings. The van der Waals surface area contributed by atoms with Gasteiger partial charge in [-0.15, -0.1) is 0 Å². The quantitative estimate of drug-likeness (QED) is 0.261. The SMILES string of the molecule is CC(C)(C)OC(=O)CCN.CN(C)CCBr.CN(C)CCNCCC(=O)OC(C)(C)C. The molecule has 0 heterocycles. The summed E-state index contributed by atoms with van der Waals surface area (Å²) in [5.41, 5.74) is 4.39. The van der Waals surface area contributed by atoms with E-state index in [0.717, 1.165) is 25.0 Å². The van der Waals surface area contributed by atoms with Gasteiger partial charge < -0.3 is 30.3 Å². The van der Waals surface area contributed by atoms with Crippen LogP contribution in [0.2, 0.25) is 0 Å². The Kier molecular flexibility index (Phi) is 22.4. The van der Waals surface area contributed by atoms with Gasteiger partial charge in [0.2, 0.25) is 0 Å². The molecule has 0 aliphatic carbocycles. The Morgan fingerprint density at radius 1 is 0.806 bits per heavy atom. The molecular weight excluding hydrogens is 464 g/mol. The van der Waals surface area contributed by atoms with Crippen molar-refractivity contribution in [2.24, 2.45) is 5.73 Å². The monoisotopic (exact) mass is 512 g/mol. The molecule has 0 saturated heterocycles. The summed E-state index contributed by atoms with van der Waals surface area (Å²) in [6, 6.07) is 0. The number of nitrogens with zero attached hydrogens (tertiary/aromatic N) is 2. The number of hydrogen-bond acceptors (Lipinski definition) is 8. The van der Waals surface area contributed by atoms with E-state index in [1.165, 1.54) is 0 Å². The van der Waals surface area contributed by atoms with Crippen LogP contribution in [0.3, 0.4) is 0 Å². The van der Waals surface area contributed by atoms with Crippen molar-refractivity contribution in [3.63, 3.8) is 0 Å². The molecule has 0 aliphatic heterocycles. The second-order valence-corrected chi connectivity index (χ2v) is 10.3. The predicted molar refractivity (Wildman–Crippen MR) is 134 cm³/mol. The molecule has 188 valence electrons. The average Bonchev–Trinajstić information content (AvgIpc) is 2.52. The lowest BCUT2D eigenvalue weighted by Crippen LogP contribution is -2.30. The van der Waals surface area contributed by atoms with Gasteiger partial charge in [0.25, 0.3) is 0 Å².